The molecule has 1 aromatic carbocycles. The molecule has 0 saturated heterocycles. The smallest absolute Gasteiger partial charge is 0.252 e. The van der Waals surface area contributed by atoms with Crippen molar-refractivity contribution in [3.63, 3.8) is 0 Å². The Kier molecular flexibility index (Phi) is 4.63. The summed E-state index contributed by atoms with van der Waals surface area (Å²) < 4.78 is 6.72. The summed E-state index contributed by atoms with van der Waals surface area (Å²) in [7, 11) is 1.65. The normalized spacial score (nSPS) is 10.8. The fourth-order valence-electron chi connectivity index (χ4n) is 2.37. The Bertz CT molecular complexity index is 846. The second kappa shape index (κ2) is 7.02. The largest absolute Gasteiger partial charge is 0.385 e. The third-order valence-corrected chi connectivity index (χ3v) is 3.48. The number of methoxy groups -OCH3 is 1. The zero-order valence-corrected chi connectivity index (χ0v) is 12.9. The second-order valence-corrected chi connectivity index (χ2v) is 5.13. The van der Waals surface area contributed by atoms with E-state index in [0.717, 1.165) is 17.5 Å². The molecule has 1 N–H and O–H groups in total. The van der Waals surface area contributed by atoms with Gasteiger partial charge in [-0.15, -0.1) is 0 Å². The highest BCUT2D eigenvalue weighted by molar-refractivity contribution is 5.75. The number of anilines is 2. The molecule has 3 aromatic rings. The molecule has 6 heteroatoms. The van der Waals surface area contributed by atoms with Crippen molar-refractivity contribution in [3.8, 4) is 0 Å². The Morgan fingerprint density at radius 2 is 2.00 bits per heavy atom. The van der Waals surface area contributed by atoms with Gasteiger partial charge in [-0.1, -0.05) is 18.2 Å². The number of pyridine rings is 1. The average molecular weight is 310 g/mol. The van der Waals surface area contributed by atoms with Gasteiger partial charge in [0, 0.05) is 43.6 Å². The Morgan fingerprint density at radius 3 is 2.78 bits per heavy atom. The van der Waals surface area contributed by atoms with Gasteiger partial charge in [0.1, 0.15) is 5.65 Å². The summed E-state index contributed by atoms with van der Waals surface area (Å²) in [4.78, 5) is 21.0. The number of aryl methyl sites for hydroxylation is 1. The number of aromatic nitrogens is 3. The highest BCUT2D eigenvalue weighted by Gasteiger charge is 2.07. The number of rotatable bonds is 6. The van der Waals surface area contributed by atoms with Crippen molar-refractivity contribution < 1.29 is 4.74 Å². The van der Waals surface area contributed by atoms with Crippen molar-refractivity contribution in [2.24, 2.45) is 0 Å². The van der Waals surface area contributed by atoms with Crippen molar-refractivity contribution in [2.45, 2.75) is 13.0 Å². The van der Waals surface area contributed by atoms with Crippen LogP contribution in [0.25, 0.3) is 11.0 Å². The van der Waals surface area contributed by atoms with E-state index in [1.165, 1.54) is 0 Å². The first kappa shape index (κ1) is 15.2. The summed E-state index contributed by atoms with van der Waals surface area (Å²) in [5.41, 5.74) is 1.45. The fraction of sp³-hybridized carbons (Fsp3) is 0.235. The number of ether oxygens (including phenoxy) is 1. The average Bonchev–Trinajstić information content (AvgIpc) is 2.58. The molecule has 0 aliphatic carbocycles. The quantitative estimate of drug-likeness (QED) is 0.709. The van der Waals surface area contributed by atoms with E-state index in [4.69, 9.17) is 4.74 Å². The van der Waals surface area contributed by atoms with Crippen molar-refractivity contribution in [1.29, 1.82) is 0 Å². The maximum Gasteiger partial charge on any atom is 0.252 e. The molecular formula is C17H18N4O2. The van der Waals surface area contributed by atoms with Gasteiger partial charge in [0.25, 0.3) is 5.56 Å². The maximum atomic E-state index is 12.1. The molecule has 0 amide bonds. The van der Waals surface area contributed by atoms with E-state index in [-0.39, 0.29) is 5.56 Å². The first-order valence-corrected chi connectivity index (χ1v) is 7.45. The van der Waals surface area contributed by atoms with Gasteiger partial charge >= 0.3 is 0 Å². The monoisotopic (exact) mass is 310 g/mol. The second-order valence-electron chi connectivity index (χ2n) is 5.13. The molecule has 0 aliphatic rings. The molecule has 0 radical (unpaired) electrons. The molecule has 0 atom stereocenters. The van der Waals surface area contributed by atoms with Crippen LogP contribution in [0.4, 0.5) is 11.6 Å². The Hall–Kier alpha value is -2.73. The SMILES string of the molecule is COCCCn1c(=O)ccc2cnc(Nc3ccccc3)nc21. The van der Waals surface area contributed by atoms with Gasteiger partial charge in [-0.05, 0) is 24.6 Å². The van der Waals surface area contributed by atoms with E-state index in [1.54, 1.807) is 30.0 Å². The Labute approximate surface area is 133 Å². The van der Waals surface area contributed by atoms with Crippen LogP contribution in [-0.4, -0.2) is 28.3 Å². The molecule has 23 heavy (non-hydrogen) atoms. The lowest BCUT2D eigenvalue weighted by Gasteiger charge is -2.10. The van der Waals surface area contributed by atoms with Crippen LogP contribution >= 0.6 is 0 Å². The maximum absolute atomic E-state index is 12.1. The summed E-state index contributed by atoms with van der Waals surface area (Å²) in [6.07, 6.45) is 2.47. The predicted molar refractivity (Wildman–Crippen MR) is 90.0 cm³/mol. The summed E-state index contributed by atoms with van der Waals surface area (Å²) in [5.74, 6) is 0.467. The zero-order valence-electron chi connectivity index (χ0n) is 12.9. The van der Waals surface area contributed by atoms with Crippen molar-refractivity contribution >= 4 is 22.7 Å². The van der Waals surface area contributed by atoms with E-state index in [1.807, 2.05) is 30.3 Å². The number of nitrogens with zero attached hydrogens (tertiary/aromatic N) is 3. The van der Waals surface area contributed by atoms with Gasteiger partial charge in [-0.25, -0.2) is 4.98 Å². The molecule has 3 rings (SSSR count). The molecule has 118 valence electrons. The van der Waals surface area contributed by atoms with Gasteiger partial charge in [0.15, 0.2) is 0 Å². The first-order chi connectivity index (χ1) is 11.3. The van der Waals surface area contributed by atoms with E-state index < -0.39 is 0 Å². The van der Waals surface area contributed by atoms with Gasteiger partial charge < -0.3 is 10.1 Å². The highest BCUT2D eigenvalue weighted by Crippen LogP contribution is 2.15. The highest BCUT2D eigenvalue weighted by atomic mass is 16.5. The van der Waals surface area contributed by atoms with E-state index in [0.29, 0.717) is 24.7 Å². The van der Waals surface area contributed by atoms with Gasteiger partial charge in [0.05, 0.1) is 0 Å². The van der Waals surface area contributed by atoms with Gasteiger partial charge in [0.2, 0.25) is 5.95 Å². The van der Waals surface area contributed by atoms with Crippen LogP contribution in [0.15, 0.2) is 53.5 Å². The summed E-state index contributed by atoms with van der Waals surface area (Å²) in [6.45, 7) is 1.16. The summed E-state index contributed by atoms with van der Waals surface area (Å²) in [5, 5.41) is 3.98. The minimum atomic E-state index is -0.0713. The Balaban J connectivity index is 1.96. The number of hydrogen-bond donors (Lipinski definition) is 1. The predicted octanol–water partition coefficient (Wildman–Crippen LogP) is 2.57. The number of nitrogens with one attached hydrogen (secondary N) is 1. The number of fused-ring (bicyclic) bond motifs is 1. The van der Waals surface area contributed by atoms with Gasteiger partial charge in [-0.2, -0.15) is 4.98 Å². The van der Waals surface area contributed by atoms with Crippen LogP contribution in [0.2, 0.25) is 0 Å². The summed E-state index contributed by atoms with van der Waals surface area (Å²) >= 11 is 0. The van der Waals surface area contributed by atoms with Crippen LogP contribution in [0, 0.1) is 0 Å². The third-order valence-electron chi connectivity index (χ3n) is 3.48. The van der Waals surface area contributed by atoms with Crippen LogP contribution < -0.4 is 10.9 Å². The zero-order chi connectivity index (χ0) is 16.1. The minimum Gasteiger partial charge on any atom is -0.385 e. The van der Waals surface area contributed by atoms with E-state index >= 15 is 0 Å². The molecule has 2 aromatic heterocycles. The number of hydrogen-bond acceptors (Lipinski definition) is 5. The van der Waals surface area contributed by atoms with Crippen molar-refractivity contribution in [1.82, 2.24) is 14.5 Å². The molecule has 0 saturated carbocycles. The minimum absolute atomic E-state index is 0.0713. The molecule has 2 heterocycles. The van der Waals surface area contributed by atoms with Crippen LogP contribution in [0.3, 0.4) is 0 Å². The third kappa shape index (κ3) is 3.54. The van der Waals surface area contributed by atoms with Crippen molar-refractivity contribution in [3.05, 3.63) is 59.0 Å². The number of para-hydroxylation sites is 1. The van der Waals surface area contributed by atoms with Crippen LogP contribution in [0.5, 0.6) is 0 Å². The lowest BCUT2D eigenvalue weighted by molar-refractivity contribution is 0.190. The Morgan fingerprint density at radius 1 is 1.17 bits per heavy atom. The molecule has 0 unspecified atom stereocenters. The molecule has 0 bridgehead atoms. The molecule has 0 spiro atoms. The summed E-state index contributed by atoms with van der Waals surface area (Å²) in [6, 6.07) is 13.0. The fourth-order valence-corrected chi connectivity index (χ4v) is 2.37. The van der Waals surface area contributed by atoms with Gasteiger partial charge in [-0.3, -0.25) is 9.36 Å². The van der Waals surface area contributed by atoms with E-state index in [9.17, 15) is 4.79 Å². The van der Waals surface area contributed by atoms with Crippen LogP contribution in [0.1, 0.15) is 6.42 Å². The topological polar surface area (TPSA) is 69.0 Å². The van der Waals surface area contributed by atoms with Crippen LogP contribution in [-0.2, 0) is 11.3 Å². The number of benzene rings is 1. The molecule has 0 aliphatic heterocycles. The van der Waals surface area contributed by atoms with Crippen molar-refractivity contribution in [2.75, 3.05) is 19.0 Å². The molecular weight excluding hydrogens is 292 g/mol. The molecule has 0 fully saturated rings. The first-order valence-electron chi connectivity index (χ1n) is 7.45. The lowest BCUT2D eigenvalue weighted by atomic mass is 10.3. The molecule has 6 nitrogen and oxygen atoms in total. The lowest BCUT2D eigenvalue weighted by Crippen LogP contribution is -2.21. The van der Waals surface area contributed by atoms with E-state index in [2.05, 4.69) is 15.3 Å². The standard InChI is InChI=1S/C17H18N4O2/c1-23-11-5-10-21-15(22)9-8-13-12-18-17(20-16(13)21)19-14-6-3-2-4-7-14/h2-4,6-9,12H,5,10-11H2,1H3,(H,18,19,20).